The van der Waals surface area contributed by atoms with Gasteiger partial charge in [-0.2, -0.15) is 0 Å². The van der Waals surface area contributed by atoms with Crippen LogP contribution in [-0.4, -0.2) is 5.84 Å². The molecule has 0 bridgehead atoms. The summed E-state index contributed by atoms with van der Waals surface area (Å²) in [7, 11) is 0. The van der Waals surface area contributed by atoms with Crippen LogP contribution in [-0.2, 0) is 6.42 Å². The van der Waals surface area contributed by atoms with Gasteiger partial charge >= 0.3 is 0 Å². The maximum Gasteiger partial charge on any atom is 0.142 e. The largest absolute Gasteiger partial charge is 0.387 e. The molecule has 0 saturated carbocycles. The number of halogens is 2. The molecule has 0 aliphatic rings. The fourth-order valence-corrected chi connectivity index (χ4v) is 0.987. The molecule has 0 fully saturated rings. The monoisotopic (exact) mass is 186 g/mol. The van der Waals surface area contributed by atoms with Gasteiger partial charge in [0.15, 0.2) is 0 Å². The van der Waals surface area contributed by atoms with Gasteiger partial charge in [0.25, 0.3) is 0 Å². The summed E-state index contributed by atoms with van der Waals surface area (Å²) in [6.45, 7) is 0. The van der Waals surface area contributed by atoms with E-state index in [1.165, 1.54) is 12.1 Å². The number of nitrogens with one attached hydrogen (secondary N) is 1. The molecule has 4 heteroatoms. The summed E-state index contributed by atoms with van der Waals surface area (Å²) in [5.74, 6) is -0.466. The Morgan fingerprint density at radius 2 is 2.25 bits per heavy atom. The smallest absolute Gasteiger partial charge is 0.142 e. The van der Waals surface area contributed by atoms with Crippen molar-refractivity contribution in [2.45, 2.75) is 6.42 Å². The maximum atomic E-state index is 12.8. The molecular weight excluding hydrogens is 179 g/mol. The second-order valence-corrected chi connectivity index (χ2v) is 2.86. The molecule has 1 aromatic rings. The van der Waals surface area contributed by atoms with E-state index >= 15 is 0 Å². The zero-order valence-corrected chi connectivity index (χ0v) is 7.03. The Balaban J connectivity index is 2.89. The molecule has 12 heavy (non-hydrogen) atoms. The molecule has 3 N–H and O–H groups in total. The molecule has 0 heterocycles. The van der Waals surface area contributed by atoms with E-state index in [9.17, 15) is 4.39 Å². The number of hydrogen-bond donors (Lipinski definition) is 2. The van der Waals surface area contributed by atoms with Gasteiger partial charge in [-0.3, -0.25) is 5.41 Å². The summed E-state index contributed by atoms with van der Waals surface area (Å²) < 4.78 is 12.8. The average Bonchev–Trinajstić information content (AvgIpc) is 1.96. The van der Waals surface area contributed by atoms with Crippen LogP contribution in [0.1, 0.15) is 5.56 Å². The van der Waals surface area contributed by atoms with Crippen LogP contribution < -0.4 is 5.73 Å². The molecule has 0 radical (unpaired) electrons. The first-order chi connectivity index (χ1) is 5.59. The van der Waals surface area contributed by atoms with Gasteiger partial charge in [0, 0.05) is 6.42 Å². The second kappa shape index (κ2) is 3.54. The molecule has 0 amide bonds. The van der Waals surface area contributed by atoms with Crippen LogP contribution in [0.15, 0.2) is 18.2 Å². The van der Waals surface area contributed by atoms with Crippen LogP contribution in [0, 0.1) is 11.2 Å². The third-order valence-electron chi connectivity index (χ3n) is 1.38. The van der Waals surface area contributed by atoms with Crippen molar-refractivity contribution in [3.8, 4) is 0 Å². The molecule has 2 nitrogen and oxygen atoms in total. The second-order valence-electron chi connectivity index (χ2n) is 2.45. The normalized spacial score (nSPS) is 9.83. The van der Waals surface area contributed by atoms with Crippen LogP contribution in [0.3, 0.4) is 0 Å². The lowest BCUT2D eigenvalue weighted by molar-refractivity contribution is 0.626. The van der Waals surface area contributed by atoms with Crippen molar-refractivity contribution in [1.29, 1.82) is 5.41 Å². The fourth-order valence-electron chi connectivity index (χ4n) is 0.870. The average molecular weight is 187 g/mol. The van der Waals surface area contributed by atoms with Gasteiger partial charge < -0.3 is 5.73 Å². The molecule has 0 spiro atoms. The van der Waals surface area contributed by atoms with E-state index in [0.29, 0.717) is 5.56 Å². The first-order valence-electron chi connectivity index (χ1n) is 3.36. The van der Waals surface area contributed by atoms with Crippen molar-refractivity contribution < 1.29 is 4.39 Å². The van der Waals surface area contributed by atoms with E-state index in [0.717, 1.165) is 0 Å². The Hall–Kier alpha value is -1.09. The van der Waals surface area contributed by atoms with Crippen molar-refractivity contribution in [2.24, 2.45) is 5.73 Å². The summed E-state index contributed by atoms with van der Waals surface area (Å²) in [5.41, 5.74) is 5.80. The Morgan fingerprint density at radius 3 is 2.75 bits per heavy atom. The van der Waals surface area contributed by atoms with Gasteiger partial charge in [0.2, 0.25) is 0 Å². The van der Waals surface area contributed by atoms with E-state index in [1.807, 2.05) is 0 Å². The van der Waals surface area contributed by atoms with Gasteiger partial charge in [-0.05, 0) is 17.7 Å². The molecular formula is C8H8ClFN2. The third kappa shape index (κ3) is 2.20. The van der Waals surface area contributed by atoms with E-state index in [1.54, 1.807) is 6.07 Å². The lowest BCUT2D eigenvalue weighted by Gasteiger charge is -1.99. The maximum absolute atomic E-state index is 12.8. The number of benzene rings is 1. The van der Waals surface area contributed by atoms with Gasteiger partial charge in [-0.1, -0.05) is 17.7 Å². The Bertz CT molecular complexity index is 312. The van der Waals surface area contributed by atoms with E-state index in [4.69, 9.17) is 22.7 Å². The highest BCUT2D eigenvalue weighted by molar-refractivity contribution is 6.30. The van der Waals surface area contributed by atoms with Gasteiger partial charge in [-0.15, -0.1) is 0 Å². The van der Waals surface area contributed by atoms with Crippen LogP contribution in [0.25, 0.3) is 0 Å². The van der Waals surface area contributed by atoms with Crippen LogP contribution >= 0.6 is 11.6 Å². The molecule has 0 aliphatic heterocycles. The van der Waals surface area contributed by atoms with Gasteiger partial charge in [0.1, 0.15) is 5.82 Å². The summed E-state index contributed by atoms with van der Waals surface area (Å²) in [4.78, 5) is 0. The van der Waals surface area contributed by atoms with Crippen LogP contribution in [0.4, 0.5) is 4.39 Å². The van der Waals surface area contributed by atoms with Crippen LogP contribution in [0.2, 0.25) is 5.02 Å². The van der Waals surface area contributed by atoms with Gasteiger partial charge in [0.05, 0.1) is 10.9 Å². The van der Waals surface area contributed by atoms with Crippen molar-refractivity contribution in [3.05, 3.63) is 34.6 Å². The van der Waals surface area contributed by atoms with Crippen molar-refractivity contribution >= 4 is 17.4 Å². The predicted octanol–water partition coefficient (Wildman–Crippen LogP) is 1.96. The van der Waals surface area contributed by atoms with Crippen LogP contribution in [0.5, 0.6) is 0 Å². The highest BCUT2D eigenvalue weighted by Gasteiger charge is 2.01. The molecule has 64 valence electrons. The van der Waals surface area contributed by atoms with Gasteiger partial charge in [-0.25, -0.2) is 4.39 Å². The molecule has 1 aromatic carbocycles. The zero-order valence-electron chi connectivity index (χ0n) is 6.27. The predicted molar refractivity (Wildman–Crippen MR) is 47.0 cm³/mol. The van der Waals surface area contributed by atoms with Crippen molar-refractivity contribution in [3.63, 3.8) is 0 Å². The molecule has 0 aromatic heterocycles. The molecule has 0 atom stereocenters. The Labute approximate surface area is 74.7 Å². The lowest BCUT2D eigenvalue weighted by atomic mass is 10.1. The highest BCUT2D eigenvalue weighted by atomic mass is 35.5. The summed E-state index contributed by atoms with van der Waals surface area (Å²) in [6, 6.07) is 4.38. The minimum absolute atomic E-state index is 0.0109. The van der Waals surface area contributed by atoms with E-state index < -0.39 is 5.82 Å². The number of amidine groups is 1. The minimum Gasteiger partial charge on any atom is -0.387 e. The topological polar surface area (TPSA) is 49.9 Å². The first-order valence-corrected chi connectivity index (χ1v) is 3.74. The third-order valence-corrected chi connectivity index (χ3v) is 1.69. The SMILES string of the molecule is N=C(N)Cc1ccc(Cl)c(F)c1. The van der Waals surface area contributed by atoms with Crippen molar-refractivity contribution in [1.82, 2.24) is 0 Å². The minimum atomic E-state index is -0.476. The van der Waals surface area contributed by atoms with E-state index in [-0.39, 0.29) is 17.3 Å². The molecule has 0 saturated heterocycles. The fraction of sp³-hybridized carbons (Fsp3) is 0.125. The lowest BCUT2D eigenvalue weighted by Crippen LogP contribution is -2.12. The molecule has 1 rings (SSSR count). The Kier molecular flexibility index (Phi) is 2.65. The Morgan fingerprint density at radius 1 is 1.58 bits per heavy atom. The number of nitrogens with two attached hydrogens (primary N) is 1. The van der Waals surface area contributed by atoms with E-state index in [2.05, 4.69) is 0 Å². The molecule has 0 aliphatic carbocycles. The summed E-state index contributed by atoms with van der Waals surface area (Å²) in [6.07, 6.45) is 0.258. The zero-order chi connectivity index (χ0) is 9.14. The summed E-state index contributed by atoms with van der Waals surface area (Å²) >= 11 is 5.46. The van der Waals surface area contributed by atoms with Crippen molar-refractivity contribution in [2.75, 3.05) is 0 Å². The standard InChI is InChI=1S/C8H8ClFN2/c9-6-2-1-5(3-7(6)10)4-8(11)12/h1-3H,4H2,(H3,11,12). The number of hydrogen-bond acceptors (Lipinski definition) is 1. The summed E-state index contributed by atoms with van der Waals surface area (Å²) in [5, 5.41) is 7.06. The first kappa shape index (κ1) is 9.00. The number of rotatable bonds is 2. The molecule has 0 unspecified atom stereocenters. The highest BCUT2D eigenvalue weighted by Crippen LogP contribution is 2.15. The quantitative estimate of drug-likeness (QED) is 0.539.